The van der Waals surface area contributed by atoms with Crippen molar-refractivity contribution in [3.8, 4) is 5.06 Å². The van der Waals surface area contributed by atoms with E-state index in [1.54, 1.807) is 0 Å². The highest BCUT2D eigenvalue weighted by atomic mass is 32.1. The van der Waals surface area contributed by atoms with Gasteiger partial charge in [-0.2, -0.15) is 0 Å². The molecule has 0 aliphatic heterocycles. The average molecular weight is 254 g/mol. The van der Waals surface area contributed by atoms with Crippen molar-refractivity contribution in [1.82, 2.24) is 0 Å². The van der Waals surface area contributed by atoms with Gasteiger partial charge < -0.3 is 9.84 Å². The zero-order valence-corrected chi connectivity index (χ0v) is 11.3. The number of fused-ring (bicyclic) bond motifs is 1. The molecular weight excluding hydrogens is 236 g/mol. The first-order valence-corrected chi connectivity index (χ1v) is 6.77. The van der Waals surface area contributed by atoms with E-state index in [1.807, 2.05) is 20.8 Å². The number of rotatable bonds is 1. The summed E-state index contributed by atoms with van der Waals surface area (Å²) in [5, 5.41) is 10.1. The smallest absolute Gasteiger partial charge is 0.349 e. The predicted molar refractivity (Wildman–Crippen MR) is 67.8 cm³/mol. The van der Waals surface area contributed by atoms with Gasteiger partial charge in [-0.25, -0.2) is 4.79 Å². The Morgan fingerprint density at radius 2 is 1.82 bits per heavy atom. The van der Waals surface area contributed by atoms with Gasteiger partial charge in [0.15, 0.2) is 5.06 Å². The number of thiophene rings is 1. The van der Waals surface area contributed by atoms with Gasteiger partial charge >= 0.3 is 5.97 Å². The molecule has 2 rings (SSSR count). The van der Waals surface area contributed by atoms with Crippen LogP contribution in [0.5, 0.6) is 5.06 Å². The van der Waals surface area contributed by atoms with Crippen LogP contribution < -0.4 is 0 Å². The average Bonchev–Trinajstić information content (AvgIpc) is 2.55. The lowest BCUT2D eigenvalue weighted by atomic mass is 9.93. The zero-order chi connectivity index (χ0) is 12.6. The molecule has 0 radical (unpaired) electrons. The summed E-state index contributed by atoms with van der Waals surface area (Å²) in [6.45, 7) is 5.56. The Morgan fingerprint density at radius 1 is 1.24 bits per heavy atom. The van der Waals surface area contributed by atoms with E-state index >= 15 is 0 Å². The summed E-state index contributed by atoms with van der Waals surface area (Å²) in [7, 11) is 0. The molecule has 1 aromatic heterocycles. The van der Waals surface area contributed by atoms with Gasteiger partial charge in [0, 0.05) is 5.56 Å². The van der Waals surface area contributed by atoms with Crippen LogP contribution in [-0.2, 0) is 17.6 Å². The standard InChI is InChI=1S/C13H18O3S/c1-13(2,3)16-11(14)10-8-6-4-5-7-9(8)12(15)17-10/h15H,4-7H2,1-3H3. The maximum atomic E-state index is 12.0. The van der Waals surface area contributed by atoms with Crippen molar-refractivity contribution in [2.75, 3.05) is 0 Å². The van der Waals surface area contributed by atoms with Gasteiger partial charge in [0.2, 0.25) is 0 Å². The predicted octanol–water partition coefficient (Wildman–Crippen LogP) is 3.29. The van der Waals surface area contributed by atoms with Crippen LogP contribution in [0, 0.1) is 0 Å². The van der Waals surface area contributed by atoms with Crippen LogP contribution in [0.25, 0.3) is 0 Å². The van der Waals surface area contributed by atoms with E-state index in [2.05, 4.69) is 0 Å². The first kappa shape index (κ1) is 12.4. The molecule has 0 saturated heterocycles. The summed E-state index contributed by atoms with van der Waals surface area (Å²) in [5.41, 5.74) is 1.48. The molecule has 4 heteroatoms. The van der Waals surface area contributed by atoms with E-state index in [0.29, 0.717) is 9.94 Å². The van der Waals surface area contributed by atoms with Crippen molar-refractivity contribution in [1.29, 1.82) is 0 Å². The fourth-order valence-corrected chi connectivity index (χ4v) is 3.12. The highest BCUT2D eigenvalue weighted by molar-refractivity contribution is 7.16. The number of hydrogen-bond donors (Lipinski definition) is 1. The van der Waals surface area contributed by atoms with Gasteiger partial charge in [0.1, 0.15) is 10.5 Å². The number of ether oxygens (including phenoxy) is 1. The molecule has 0 aromatic carbocycles. The second kappa shape index (κ2) is 4.33. The van der Waals surface area contributed by atoms with E-state index < -0.39 is 5.60 Å². The molecule has 1 N–H and O–H groups in total. The Morgan fingerprint density at radius 3 is 2.41 bits per heavy atom. The first-order chi connectivity index (χ1) is 7.88. The molecule has 0 amide bonds. The van der Waals surface area contributed by atoms with Gasteiger partial charge in [-0.15, -0.1) is 0 Å². The number of carbonyl (C=O) groups excluding carboxylic acids is 1. The van der Waals surface area contributed by atoms with Crippen LogP contribution in [0.2, 0.25) is 0 Å². The largest absolute Gasteiger partial charge is 0.499 e. The molecule has 3 nitrogen and oxygen atoms in total. The van der Waals surface area contributed by atoms with E-state index in [-0.39, 0.29) is 5.97 Å². The second-order valence-corrected chi connectivity index (χ2v) is 6.40. The van der Waals surface area contributed by atoms with Crippen molar-refractivity contribution in [2.45, 2.75) is 52.1 Å². The lowest BCUT2D eigenvalue weighted by Crippen LogP contribution is -2.24. The topological polar surface area (TPSA) is 46.5 Å². The molecule has 0 fully saturated rings. The van der Waals surface area contributed by atoms with Gasteiger partial charge in [-0.05, 0) is 52.0 Å². The Kier molecular flexibility index (Phi) is 3.17. The summed E-state index contributed by atoms with van der Waals surface area (Å²) in [6, 6.07) is 0. The third kappa shape index (κ3) is 2.63. The van der Waals surface area contributed by atoms with Crippen LogP contribution in [0.1, 0.15) is 54.4 Å². The molecule has 1 aromatic rings. The van der Waals surface area contributed by atoms with Crippen molar-refractivity contribution < 1.29 is 14.6 Å². The first-order valence-electron chi connectivity index (χ1n) is 5.95. The van der Waals surface area contributed by atoms with Crippen LogP contribution >= 0.6 is 11.3 Å². The lowest BCUT2D eigenvalue weighted by Gasteiger charge is -2.20. The van der Waals surface area contributed by atoms with E-state index in [9.17, 15) is 9.90 Å². The summed E-state index contributed by atoms with van der Waals surface area (Å²) < 4.78 is 5.36. The van der Waals surface area contributed by atoms with E-state index in [0.717, 1.165) is 48.1 Å². The van der Waals surface area contributed by atoms with E-state index in [4.69, 9.17) is 4.74 Å². The minimum Gasteiger partial charge on any atom is -0.499 e. The Balaban J connectivity index is 2.30. The van der Waals surface area contributed by atoms with Gasteiger partial charge in [-0.1, -0.05) is 11.3 Å². The normalized spacial score (nSPS) is 15.5. The Bertz CT molecular complexity index is 440. The second-order valence-electron chi connectivity index (χ2n) is 5.40. The monoisotopic (exact) mass is 254 g/mol. The van der Waals surface area contributed by atoms with Crippen LogP contribution in [0.3, 0.4) is 0 Å². The minimum absolute atomic E-state index is 0.292. The maximum absolute atomic E-state index is 12.0. The van der Waals surface area contributed by atoms with E-state index in [1.165, 1.54) is 0 Å². The highest BCUT2D eigenvalue weighted by Crippen LogP contribution is 2.39. The van der Waals surface area contributed by atoms with Crippen molar-refractivity contribution in [2.24, 2.45) is 0 Å². The summed E-state index contributed by atoms with van der Waals surface area (Å²) in [6.07, 6.45) is 3.92. The third-order valence-electron chi connectivity index (χ3n) is 2.78. The maximum Gasteiger partial charge on any atom is 0.349 e. The van der Waals surface area contributed by atoms with Gasteiger partial charge in [0.05, 0.1) is 0 Å². The number of hydrogen-bond acceptors (Lipinski definition) is 4. The van der Waals surface area contributed by atoms with Crippen LogP contribution in [0.4, 0.5) is 0 Å². The number of esters is 1. The quantitative estimate of drug-likeness (QED) is 0.782. The number of aromatic hydroxyl groups is 1. The molecular formula is C13H18O3S. The molecule has 0 unspecified atom stereocenters. The lowest BCUT2D eigenvalue weighted by molar-refractivity contribution is 0.00739. The molecule has 0 atom stereocenters. The molecule has 94 valence electrons. The fourth-order valence-electron chi connectivity index (χ4n) is 2.10. The SMILES string of the molecule is CC(C)(C)OC(=O)c1sc(O)c2c1CCCC2. The highest BCUT2D eigenvalue weighted by Gasteiger charge is 2.27. The van der Waals surface area contributed by atoms with Crippen LogP contribution in [-0.4, -0.2) is 16.7 Å². The molecule has 1 aliphatic rings. The van der Waals surface area contributed by atoms with Crippen molar-refractivity contribution in [3.05, 3.63) is 16.0 Å². The molecule has 1 heterocycles. The zero-order valence-electron chi connectivity index (χ0n) is 10.5. The molecule has 1 aliphatic carbocycles. The Hall–Kier alpha value is -1.03. The van der Waals surface area contributed by atoms with Crippen molar-refractivity contribution in [3.63, 3.8) is 0 Å². The molecule has 0 bridgehead atoms. The summed E-state index contributed by atoms with van der Waals surface area (Å²) in [5.74, 6) is -0.305. The molecule has 17 heavy (non-hydrogen) atoms. The molecule has 0 saturated carbocycles. The fraction of sp³-hybridized carbons (Fsp3) is 0.615. The van der Waals surface area contributed by atoms with Crippen molar-refractivity contribution >= 4 is 17.3 Å². The van der Waals surface area contributed by atoms with Gasteiger partial charge in [0.25, 0.3) is 0 Å². The summed E-state index contributed by atoms with van der Waals surface area (Å²) in [4.78, 5) is 12.6. The molecule has 0 spiro atoms. The number of carbonyl (C=O) groups is 1. The van der Waals surface area contributed by atoms with Gasteiger partial charge in [-0.3, -0.25) is 0 Å². The third-order valence-corrected chi connectivity index (χ3v) is 3.84. The minimum atomic E-state index is -0.488. The summed E-state index contributed by atoms with van der Waals surface area (Å²) >= 11 is 1.16. The van der Waals surface area contributed by atoms with Crippen LogP contribution in [0.15, 0.2) is 0 Å². The Labute approximate surface area is 105 Å².